The van der Waals surface area contributed by atoms with Gasteiger partial charge in [-0.05, 0) is 45.4 Å². The van der Waals surface area contributed by atoms with Crippen LogP contribution in [0.15, 0.2) is 24.8 Å². The van der Waals surface area contributed by atoms with E-state index in [-0.39, 0.29) is 0 Å². The predicted molar refractivity (Wildman–Crippen MR) is 82.0 cm³/mol. The summed E-state index contributed by atoms with van der Waals surface area (Å²) in [6, 6.07) is 0. The number of allylic oxidation sites excluding steroid dienone is 2. The summed E-state index contributed by atoms with van der Waals surface area (Å²) < 4.78 is 5.63. The van der Waals surface area contributed by atoms with Crippen molar-refractivity contribution in [3.63, 3.8) is 0 Å². The first-order valence-corrected chi connectivity index (χ1v) is 7.60. The maximum absolute atomic E-state index is 5.63. The Morgan fingerprint density at radius 1 is 0.889 bits per heavy atom. The molecule has 0 saturated heterocycles. The van der Waals surface area contributed by atoms with Crippen molar-refractivity contribution < 1.29 is 4.74 Å². The quantitative estimate of drug-likeness (QED) is 0.286. The summed E-state index contributed by atoms with van der Waals surface area (Å²) in [5.74, 6) is 0. The molecule has 0 saturated carbocycles. The van der Waals surface area contributed by atoms with Crippen molar-refractivity contribution in [2.45, 2.75) is 71.1 Å². The smallest absolute Gasteiger partial charge is 0.0466 e. The normalized spacial score (nSPS) is 10.5. The van der Waals surface area contributed by atoms with Gasteiger partial charge in [-0.2, -0.15) is 0 Å². The zero-order valence-corrected chi connectivity index (χ0v) is 12.4. The second-order valence-corrected chi connectivity index (χ2v) is 5.23. The van der Waals surface area contributed by atoms with Gasteiger partial charge in [0.15, 0.2) is 0 Å². The van der Waals surface area contributed by atoms with E-state index < -0.39 is 0 Å². The Morgan fingerprint density at radius 3 is 2.00 bits per heavy atom. The summed E-state index contributed by atoms with van der Waals surface area (Å²) in [7, 11) is 0. The molecule has 1 heteroatoms. The first kappa shape index (κ1) is 17.4. The molecule has 0 aliphatic heterocycles. The Morgan fingerprint density at radius 2 is 1.44 bits per heavy atom. The van der Waals surface area contributed by atoms with Gasteiger partial charge in [-0.15, -0.1) is 13.2 Å². The molecule has 0 aromatic carbocycles. The molecule has 0 heterocycles. The highest BCUT2D eigenvalue weighted by molar-refractivity contribution is 4.86. The van der Waals surface area contributed by atoms with Crippen molar-refractivity contribution in [1.82, 2.24) is 0 Å². The maximum atomic E-state index is 5.63. The third-order valence-corrected chi connectivity index (χ3v) is 3.09. The molecule has 0 aliphatic rings. The topological polar surface area (TPSA) is 9.23 Å². The summed E-state index contributed by atoms with van der Waals surface area (Å²) in [5, 5.41) is 0. The van der Waals surface area contributed by atoms with Gasteiger partial charge in [0.1, 0.15) is 0 Å². The minimum Gasteiger partial charge on any atom is -0.381 e. The largest absolute Gasteiger partial charge is 0.381 e. The van der Waals surface area contributed by atoms with E-state index in [0.717, 1.165) is 19.6 Å². The third-order valence-electron chi connectivity index (χ3n) is 3.09. The van der Waals surface area contributed by atoms with Crippen LogP contribution in [0.2, 0.25) is 0 Å². The van der Waals surface area contributed by atoms with Gasteiger partial charge < -0.3 is 4.74 Å². The van der Waals surface area contributed by atoms with Gasteiger partial charge in [-0.3, -0.25) is 0 Å². The zero-order chi connectivity index (χ0) is 13.5. The fourth-order valence-corrected chi connectivity index (χ4v) is 1.93. The highest BCUT2D eigenvalue weighted by atomic mass is 16.5. The van der Waals surface area contributed by atoms with Crippen LogP contribution in [-0.2, 0) is 4.74 Å². The molecule has 0 aliphatic carbocycles. The molecule has 0 amide bonds. The fraction of sp³-hybridized carbons (Fsp3) is 0.765. The molecule has 0 N–H and O–H groups in total. The molecule has 18 heavy (non-hydrogen) atoms. The SMILES string of the molecule is C=CCCCCCCOCCCCCCC(=C)C. The van der Waals surface area contributed by atoms with E-state index in [1.165, 1.54) is 63.4 Å². The van der Waals surface area contributed by atoms with Crippen LogP contribution in [0.4, 0.5) is 0 Å². The average molecular weight is 252 g/mol. The lowest BCUT2D eigenvalue weighted by molar-refractivity contribution is 0.125. The zero-order valence-electron chi connectivity index (χ0n) is 12.4. The van der Waals surface area contributed by atoms with Crippen LogP contribution in [-0.4, -0.2) is 13.2 Å². The van der Waals surface area contributed by atoms with Crippen molar-refractivity contribution in [2.75, 3.05) is 13.2 Å². The summed E-state index contributed by atoms with van der Waals surface area (Å²) in [6.45, 7) is 11.6. The maximum Gasteiger partial charge on any atom is 0.0466 e. The predicted octanol–water partition coefficient (Wildman–Crippen LogP) is 5.67. The Bertz CT molecular complexity index is 196. The number of hydrogen-bond donors (Lipinski definition) is 0. The number of hydrogen-bond acceptors (Lipinski definition) is 1. The lowest BCUT2D eigenvalue weighted by Gasteiger charge is -2.04. The fourth-order valence-electron chi connectivity index (χ4n) is 1.93. The minimum atomic E-state index is 0.944. The van der Waals surface area contributed by atoms with E-state index >= 15 is 0 Å². The summed E-state index contributed by atoms with van der Waals surface area (Å²) >= 11 is 0. The van der Waals surface area contributed by atoms with Crippen molar-refractivity contribution in [1.29, 1.82) is 0 Å². The first-order chi connectivity index (χ1) is 8.77. The van der Waals surface area contributed by atoms with Gasteiger partial charge in [0.05, 0.1) is 0 Å². The van der Waals surface area contributed by atoms with E-state index in [2.05, 4.69) is 20.1 Å². The highest BCUT2D eigenvalue weighted by Gasteiger charge is 1.93. The van der Waals surface area contributed by atoms with E-state index in [4.69, 9.17) is 4.74 Å². The molecule has 1 nitrogen and oxygen atoms in total. The monoisotopic (exact) mass is 252 g/mol. The molecular weight excluding hydrogens is 220 g/mol. The Balaban J connectivity index is 2.94. The van der Waals surface area contributed by atoms with Crippen LogP contribution in [0.3, 0.4) is 0 Å². The Hall–Kier alpha value is -0.560. The van der Waals surface area contributed by atoms with Gasteiger partial charge >= 0.3 is 0 Å². The van der Waals surface area contributed by atoms with Crippen LogP contribution in [0, 0.1) is 0 Å². The Kier molecular flexibility index (Phi) is 14.0. The van der Waals surface area contributed by atoms with E-state index in [1.807, 2.05) is 6.08 Å². The molecule has 0 aromatic heterocycles. The molecule has 106 valence electrons. The number of rotatable bonds is 14. The average Bonchev–Trinajstić information content (AvgIpc) is 2.34. The molecule has 0 atom stereocenters. The van der Waals surface area contributed by atoms with Crippen molar-refractivity contribution in [3.05, 3.63) is 24.8 Å². The molecule has 0 unspecified atom stereocenters. The van der Waals surface area contributed by atoms with Gasteiger partial charge in [0, 0.05) is 13.2 Å². The standard InChI is InChI=1S/C17H32O/c1-4-5-6-7-9-12-15-18-16-13-10-8-11-14-17(2)3/h4H,1-2,5-16H2,3H3. The van der Waals surface area contributed by atoms with Crippen LogP contribution in [0.5, 0.6) is 0 Å². The lowest BCUT2D eigenvalue weighted by Crippen LogP contribution is -1.97. The molecular formula is C17H32O. The molecule has 0 fully saturated rings. The van der Waals surface area contributed by atoms with Crippen LogP contribution < -0.4 is 0 Å². The van der Waals surface area contributed by atoms with E-state index in [0.29, 0.717) is 0 Å². The second kappa shape index (κ2) is 14.5. The highest BCUT2D eigenvalue weighted by Crippen LogP contribution is 2.08. The molecule has 0 rings (SSSR count). The van der Waals surface area contributed by atoms with Crippen LogP contribution in [0.1, 0.15) is 71.1 Å². The summed E-state index contributed by atoms with van der Waals surface area (Å²) in [5.41, 5.74) is 1.31. The molecule has 0 radical (unpaired) electrons. The lowest BCUT2D eigenvalue weighted by atomic mass is 10.1. The number of ether oxygens (including phenoxy) is 1. The van der Waals surface area contributed by atoms with Gasteiger partial charge in [-0.1, -0.05) is 37.3 Å². The van der Waals surface area contributed by atoms with Crippen molar-refractivity contribution in [2.24, 2.45) is 0 Å². The molecule has 0 spiro atoms. The first-order valence-electron chi connectivity index (χ1n) is 7.60. The van der Waals surface area contributed by atoms with E-state index in [9.17, 15) is 0 Å². The number of unbranched alkanes of at least 4 members (excludes halogenated alkanes) is 7. The van der Waals surface area contributed by atoms with Gasteiger partial charge in [0.2, 0.25) is 0 Å². The summed E-state index contributed by atoms with van der Waals surface area (Å²) in [6.07, 6.45) is 14.6. The molecule has 0 aromatic rings. The van der Waals surface area contributed by atoms with Crippen LogP contribution in [0.25, 0.3) is 0 Å². The molecule has 0 bridgehead atoms. The second-order valence-electron chi connectivity index (χ2n) is 5.23. The van der Waals surface area contributed by atoms with Gasteiger partial charge in [-0.25, -0.2) is 0 Å². The Labute approximate surface area is 114 Å². The summed E-state index contributed by atoms with van der Waals surface area (Å²) in [4.78, 5) is 0. The van der Waals surface area contributed by atoms with Crippen molar-refractivity contribution >= 4 is 0 Å². The minimum absolute atomic E-state index is 0.944. The van der Waals surface area contributed by atoms with Crippen LogP contribution >= 0.6 is 0 Å². The van der Waals surface area contributed by atoms with Crippen molar-refractivity contribution in [3.8, 4) is 0 Å². The third kappa shape index (κ3) is 15.4. The van der Waals surface area contributed by atoms with E-state index in [1.54, 1.807) is 0 Å². The van der Waals surface area contributed by atoms with Gasteiger partial charge in [0.25, 0.3) is 0 Å².